The molecule has 0 unspecified atom stereocenters. The minimum atomic E-state index is 0.0641. The molecule has 1 fully saturated rings. The van der Waals surface area contributed by atoms with Crippen molar-refractivity contribution in [1.82, 2.24) is 15.2 Å². The number of carbonyl (C=O) groups is 1. The van der Waals surface area contributed by atoms with E-state index < -0.39 is 0 Å². The Bertz CT molecular complexity index is 352. The smallest absolute Gasteiger partial charge is 0.317 e. The van der Waals surface area contributed by atoms with Crippen LogP contribution in [0.1, 0.15) is 5.56 Å². The van der Waals surface area contributed by atoms with Gasteiger partial charge in [-0.2, -0.15) is 11.8 Å². The van der Waals surface area contributed by atoms with Gasteiger partial charge in [-0.1, -0.05) is 6.07 Å². The van der Waals surface area contributed by atoms with E-state index in [1.54, 1.807) is 6.20 Å². The number of nitrogens with one attached hydrogen (secondary N) is 1. The average Bonchev–Trinajstić information content (AvgIpc) is 2.41. The van der Waals surface area contributed by atoms with Gasteiger partial charge in [0.15, 0.2) is 0 Å². The fraction of sp³-hybridized carbons (Fsp3) is 0.500. The Morgan fingerprint density at radius 1 is 1.47 bits per heavy atom. The van der Waals surface area contributed by atoms with Crippen molar-refractivity contribution in [3.63, 3.8) is 0 Å². The summed E-state index contributed by atoms with van der Waals surface area (Å²) < 4.78 is 0. The minimum Gasteiger partial charge on any atom is -0.338 e. The van der Waals surface area contributed by atoms with Gasteiger partial charge in [0.2, 0.25) is 0 Å². The molecule has 0 bridgehead atoms. The van der Waals surface area contributed by atoms with E-state index in [-0.39, 0.29) is 6.03 Å². The van der Waals surface area contributed by atoms with E-state index in [1.807, 2.05) is 35.0 Å². The molecule has 0 aliphatic carbocycles. The number of amides is 2. The summed E-state index contributed by atoms with van der Waals surface area (Å²) in [5, 5.41) is 2.95. The van der Waals surface area contributed by atoms with Gasteiger partial charge in [-0.25, -0.2) is 4.79 Å². The Morgan fingerprint density at radius 3 is 3.00 bits per heavy atom. The molecule has 0 radical (unpaired) electrons. The van der Waals surface area contributed by atoms with Crippen molar-refractivity contribution in [1.29, 1.82) is 0 Å². The average molecular weight is 251 g/mol. The zero-order chi connectivity index (χ0) is 11.9. The summed E-state index contributed by atoms with van der Waals surface area (Å²) in [6, 6.07) is 4.00. The summed E-state index contributed by atoms with van der Waals surface area (Å²) >= 11 is 1.91. The highest BCUT2D eigenvalue weighted by atomic mass is 32.2. The van der Waals surface area contributed by atoms with Crippen LogP contribution in [0.15, 0.2) is 24.5 Å². The first kappa shape index (κ1) is 12.2. The third-order valence-corrected chi connectivity index (χ3v) is 3.65. The standard InChI is InChI=1S/C12H17N3OS/c16-12(15-6-8-17-9-7-15)14-5-3-11-2-1-4-13-10-11/h1-2,4,10H,3,5-9H2,(H,14,16). The molecule has 5 heteroatoms. The maximum atomic E-state index is 11.8. The van der Waals surface area contributed by atoms with Crippen LogP contribution in [0.3, 0.4) is 0 Å². The lowest BCUT2D eigenvalue weighted by molar-refractivity contribution is 0.203. The highest BCUT2D eigenvalue weighted by molar-refractivity contribution is 7.99. The molecule has 1 aliphatic rings. The van der Waals surface area contributed by atoms with E-state index in [0.29, 0.717) is 6.54 Å². The first-order valence-corrected chi connectivity index (χ1v) is 7.01. The molecule has 0 spiro atoms. The summed E-state index contributed by atoms with van der Waals surface area (Å²) in [5.41, 5.74) is 1.15. The lowest BCUT2D eigenvalue weighted by Gasteiger charge is -2.26. The molecular weight excluding hydrogens is 234 g/mol. The maximum absolute atomic E-state index is 11.8. The Morgan fingerprint density at radius 2 is 2.29 bits per heavy atom. The highest BCUT2D eigenvalue weighted by Crippen LogP contribution is 2.08. The SMILES string of the molecule is O=C(NCCc1cccnc1)N1CCSCC1. The second-order valence-electron chi connectivity index (χ2n) is 3.94. The van der Waals surface area contributed by atoms with Crippen LogP contribution in [0, 0.1) is 0 Å². The molecule has 4 nitrogen and oxygen atoms in total. The zero-order valence-corrected chi connectivity index (χ0v) is 10.6. The lowest BCUT2D eigenvalue weighted by atomic mass is 10.2. The summed E-state index contributed by atoms with van der Waals surface area (Å²) in [5.74, 6) is 2.10. The van der Waals surface area contributed by atoms with Crippen LogP contribution in [-0.4, -0.2) is 47.1 Å². The van der Waals surface area contributed by atoms with Gasteiger partial charge in [0.05, 0.1) is 0 Å². The Kier molecular flexibility index (Phi) is 4.67. The molecule has 2 amide bonds. The molecule has 1 aromatic heterocycles. The van der Waals surface area contributed by atoms with Gasteiger partial charge < -0.3 is 10.2 Å². The number of hydrogen-bond donors (Lipinski definition) is 1. The molecule has 17 heavy (non-hydrogen) atoms. The van der Waals surface area contributed by atoms with Gasteiger partial charge in [0.1, 0.15) is 0 Å². The molecule has 0 atom stereocenters. The molecular formula is C12H17N3OS. The summed E-state index contributed by atoms with van der Waals surface area (Å²) in [4.78, 5) is 17.7. The van der Waals surface area contributed by atoms with E-state index in [2.05, 4.69) is 10.3 Å². The van der Waals surface area contributed by atoms with Crippen LogP contribution in [0.2, 0.25) is 0 Å². The molecule has 2 heterocycles. The van der Waals surface area contributed by atoms with Gasteiger partial charge in [0, 0.05) is 43.5 Å². The van der Waals surface area contributed by atoms with Crippen LogP contribution in [-0.2, 0) is 6.42 Å². The number of hydrogen-bond acceptors (Lipinski definition) is 3. The van der Waals surface area contributed by atoms with Gasteiger partial charge in [0.25, 0.3) is 0 Å². The first-order valence-electron chi connectivity index (χ1n) is 5.86. The second-order valence-corrected chi connectivity index (χ2v) is 5.17. The van der Waals surface area contributed by atoms with Crippen molar-refractivity contribution >= 4 is 17.8 Å². The predicted octanol–water partition coefficient (Wildman–Crippen LogP) is 1.38. The quantitative estimate of drug-likeness (QED) is 0.883. The summed E-state index contributed by atoms with van der Waals surface area (Å²) in [7, 11) is 0. The van der Waals surface area contributed by atoms with Crippen molar-refractivity contribution in [2.24, 2.45) is 0 Å². The number of rotatable bonds is 3. The number of nitrogens with zero attached hydrogens (tertiary/aromatic N) is 2. The summed E-state index contributed by atoms with van der Waals surface area (Å²) in [6.45, 7) is 2.40. The molecule has 1 saturated heterocycles. The van der Waals surface area contributed by atoms with E-state index in [9.17, 15) is 4.79 Å². The van der Waals surface area contributed by atoms with Crippen LogP contribution in [0.5, 0.6) is 0 Å². The molecule has 1 aliphatic heterocycles. The third kappa shape index (κ3) is 3.93. The largest absolute Gasteiger partial charge is 0.338 e. The molecule has 1 N–H and O–H groups in total. The number of carbonyl (C=O) groups excluding carboxylic acids is 1. The maximum Gasteiger partial charge on any atom is 0.317 e. The normalized spacial score (nSPS) is 15.6. The molecule has 0 aromatic carbocycles. The van der Waals surface area contributed by atoms with Crippen molar-refractivity contribution < 1.29 is 4.79 Å². The van der Waals surface area contributed by atoms with Crippen molar-refractivity contribution in [3.05, 3.63) is 30.1 Å². The third-order valence-electron chi connectivity index (χ3n) is 2.71. The number of thioether (sulfide) groups is 1. The van der Waals surface area contributed by atoms with E-state index in [1.165, 1.54) is 0 Å². The van der Waals surface area contributed by atoms with Gasteiger partial charge >= 0.3 is 6.03 Å². The molecule has 2 rings (SSSR count). The molecule has 92 valence electrons. The van der Waals surface area contributed by atoms with Crippen LogP contribution >= 0.6 is 11.8 Å². The zero-order valence-electron chi connectivity index (χ0n) is 9.76. The fourth-order valence-electron chi connectivity index (χ4n) is 1.74. The van der Waals surface area contributed by atoms with Gasteiger partial charge in [-0.15, -0.1) is 0 Å². The van der Waals surface area contributed by atoms with Gasteiger partial charge in [-0.3, -0.25) is 4.98 Å². The number of urea groups is 1. The Labute approximate surface area is 106 Å². The lowest BCUT2D eigenvalue weighted by Crippen LogP contribution is -2.44. The van der Waals surface area contributed by atoms with E-state index in [4.69, 9.17) is 0 Å². The molecule has 1 aromatic rings. The van der Waals surface area contributed by atoms with Gasteiger partial charge in [-0.05, 0) is 18.1 Å². The van der Waals surface area contributed by atoms with Crippen LogP contribution < -0.4 is 5.32 Å². The fourth-order valence-corrected chi connectivity index (χ4v) is 2.64. The van der Waals surface area contributed by atoms with Crippen LogP contribution in [0.4, 0.5) is 4.79 Å². The first-order chi connectivity index (χ1) is 8.36. The highest BCUT2D eigenvalue weighted by Gasteiger charge is 2.15. The Balaban J connectivity index is 1.69. The molecule has 0 saturated carbocycles. The van der Waals surface area contributed by atoms with E-state index in [0.717, 1.165) is 36.6 Å². The number of pyridine rings is 1. The van der Waals surface area contributed by atoms with E-state index >= 15 is 0 Å². The van der Waals surface area contributed by atoms with Crippen molar-refractivity contribution in [3.8, 4) is 0 Å². The second kappa shape index (κ2) is 6.49. The Hall–Kier alpha value is -1.23. The van der Waals surface area contributed by atoms with Crippen LogP contribution in [0.25, 0.3) is 0 Å². The minimum absolute atomic E-state index is 0.0641. The van der Waals surface area contributed by atoms with Crippen molar-refractivity contribution in [2.45, 2.75) is 6.42 Å². The topological polar surface area (TPSA) is 45.2 Å². The predicted molar refractivity (Wildman–Crippen MR) is 70.2 cm³/mol. The van der Waals surface area contributed by atoms with Crippen molar-refractivity contribution in [2.75, 3.05) is 31.1 Å². The monoisotopic (exact) mass is 251 g/mol. The summed E-state index contributed by atoms with van der Waals surface area (Å²) in [6.07, 6.45) is 4.43. The number of aromatic nitrogens is 1.